The van der Waals surface area contributed by atoms with Crippen molar-refractivity contribution in [1.82, 2.24) is 14.8 Å². The fraction of sp³-hybridized carbons (Fsp3) is 0.292. The maximum atomic E-state index is 12.6. The van der Waals surface area contributed by atoms with E-state index in [2.05, 4.69) is 69.8 Å². The number of amides is 1. The first-order chi connectivity index (χ1) is 15.3. The number of ether oxygens (including phenoxy) is 1. The molecule has 1 amide bonds. The fourth-order valence-corrected chi connectivity index (χ4v) is 4.98. The number of aromatic nitrogens is 3. The number of carbonyl (C=O) groups is 1. The second-order valence-electron chi connectivity index (χ2n) is 7.54. The van der Waals surface area contributed by atoms with Gasteiger partial charge in [0, 0.05) is 15.8 Å². The number of benzene rings is 2. The molecule has 0 aliphatic heterocycles. The number of nitrogens with zero attached hydrogens (tertiary/aromatic N) is 3. The molecule has 1 heterocycles. The summed E-state index contributed by atoms with van der Waals surface area (Å²) >= 11 is 3.63. The number of aryl methyl sites for hydroxylation is 3. The molecule has 0 saturated heterocycles. The maximum absolute atomic E-state index is 12.6. The Morgan fingerprint density at radius 3 is 2.59 bits per heavy atom. The second-order valence-corrected chi connectivity index (χ2v) is 9.72. The third kappa shape index (κ3) is 5.92. The highest BCUT2D eigenvalue weighted by Gasteiger charge is 2.16. The first-order valence-electron chi connectivity index (χ1n) is 10.2. The van der Waals surface area contributed by atoms with Gasteiger partial charge in [-0.1, -0.05) is 30.0 Å². The minimum Gasteiger partial charge on any atom is -0.485 e. The summed E-state index contributed by atoms with van der Waals surface area (Å²) < 4.78 is 9.08. The van der Waals surface area contributed by atoms with E-state index >= 15 is 0 Å². The average molecular weight is 562 g/mol. The molecule has 0 saturated carbocycles. The van der Waals surface area contributed by atoms with Gasteiger partial charge in [0.25, 0.3) is 0 Å². The number of allylic oxidation sites excluding steroid dienone is 1. The van der Waals surface area contributed by atoms with E-state index < -0.39 is 0 Å². The Morgan fingerprint density at radius 2 is 1.91 bits per heavy atom. The Hall–Kier alpha value is -2.33. The summed E-state index contributed by atoms with van der Waals surface area (Å²) in [6.07, 6.45) is 1.78. The zero-order valence-corrected chi connectivity index (χ0v) is 21.7. The Balaban J connectivity index is 1.67. The Kier molecular flexibility index (Phi) is 8.36. The van der Waals surface area contributed by atoms with Gasteiger partial charge in [0.15, 0.2) is 11.0 Å². The molecule has 0 fully saturated rings. The molecule has 168 valence electrons. The highest BCUT2D eigenvalue weighted by Crippen LogP contribution is 2.25. The van der Waals surface area contributed by atoms with Crippen LogP contribution in [0.1, 0.15) is 28.1 Å². The van der Waals surface area contributed by atoms with Crippen LogP contribution < -0.4 is 10.1 Å². The van der Waals surface area contributed by atoms with E-state index in [9.17, 15) is 4.79 Å². The number of nitrogens with one attached hydrogen (secondary N) is 1. The topological polar surface area (TPSA) is 69.0 Å². The lowest BCUT2D eigenvalue weighted by molar-refractivity contribution is -0.113. The average Bonchev–Trinajstić information content (AvgIpc) is 3.12. The number of halogens is 1. The first-order valence-corrected chi connectivity index (χ1v) is 12.3. The van der Waals surface area contributed by atoms with Crippen molar-refractivity contribution in [3.63, 3.8) is 0 Å². The molecular weight excluding hydrogens is 535 g/mol. The van der Waals surface area contributed by atoms with E-state index in [-0.39, 0.29) is 11.7 Å². The highest BCUT2D eigenvalue weighted by molar-refractivity contribution is 14.1. The van der Waals surface area contributed by atoms with Crippen LogP contribution in [0.25, 0.3) is 0 Å². The van der Waals surface area contributed by atoms with Crippen molar-refractivity contribution >= 4 is 45.9 Å². The van der Waals surface area contributed by atoms with Crippen molar-refractivity contribution in [1.29, 1.82) is 0 Å². The first kappa shape index (κ1) is 24.3. The van der Waals surface area contributed by atoms with Crippen molar-refractivity contribution in [3.8, 4) is 5.75 Å². The maximum Gasteiger partial charge on any atom is 0.234 e. The molecule has 8 heteroatoms. The number of anilines is 1. The summed E-state index contributed by atoms with van der Waals surface area (Å²) in [7, 11) is 0. The number of thioether (sulfide) groups is 1. The van der Waals surface area contributed by atoms with E-state index in [0.29, 0.717) is 24.1 Å². The van der Waals surface area contributed by atoms with Gasteiger partial charge in [-0.05, 0) is 90.7 Å². The summed E-state index contributed by atoms with van der Waals surface area (Å²) in [5, 5.41) is 12.3. The minimum absolute atomic E-state index is 0.0799. The molecule has 0 bridgehead atoms. The van der Waals surface area contributed by atoms with Gasteiger partial charge in [-0.3, -0.25) is 9.36 Å². The van der Waals surface area contributed by atoms with Crippen molar-refractivity contribution in [2.75, 3.05) is 11.1 Å². The predicted octanol–water partition coefficient (Wildman–Crippen LogP) is 5.61. The van der Waals surface area contributed by atoms with E-state index in [1.807, 2.05) is 37.5 Å². The molecule has 0 spiro atoms. The quantitative estimate of drug-likeness (QED) is 0.209. The van der Waals surface area contributed by atoms with Crippen LogP contribution in [0.15, 0.2) is 48.1 Å². The second kappa shape index (κ2) is 11.0. The highest BCUT2D eigenvalue weighted by atomic mass is 127. The summed E-state index contributed by atoms with van der Waals surface area (Å²) in [5.74, 6) is 1.68. The smallest absolute Gasteiger partial charge is 0.234 e. The molecule has 0 aliphatic carbocycles. The third-order valence-corrected chi connectivity index (χ3v) is 6.70. The zero-order valence-electron chi connectivity index (χ0n) is 18.7. The lowest BCUT2D eigenvalue weighted by Gasteiger charge is -2.13. The molecule has 0 aliphatic rings. The van der Waals surface area contributed by atoms with Gasteiger partial charge in [-0.25, -0.2) is 0 Å². The van der Waals surface area contributed by atoms with Crippen LogP contribution in [0.3, 0.4) is 0 Å². The predicted molar refractivity (Wildman–Crippen MR) is 138 cm³/mol. The molecule has 6 nitrogen and oxygen atoms in total. The Labute approximate surface area is 207 Å². The van der Waals surface area contributed by atoms with Crippen molar-refractivity contribution in [3.05, 3.63) is 74.6 Å². The molecular formula is C24H27IN4O2S. The lowest BCUT2D eigenvalue weighted by atomic mass is 10.1. The number of carbonyl (C=O) groups excluding carboxylic acids is 1. The molecule has 1 aromatic heterocycles. The lowest BCUT2D eigenvalue weighted by Crippen LogP contribution is -2.16. The summed E-state index contributed by atoms with van der Waals surface area (Å²) in [5.41, 5.74) is 5.25. The SMILES string of the molecule is C=CCn1c(COc2cccc(C)c2C)nnc1SCC(=O)Nc1c(C)cc(I)cc1C. The van der Waals surface area contributed by atoms with E-state index in [0.717, 1.165) is 31.7 Å². The van der Waals surface area contributed by atoms with Crippen LogP contribution in [0.5, 0.6) is 5.75 Å². The van der Waals surface area contributed by atoms with Crippen molar-refractivity contribution < 1.29 is 9.53 Å². The van der Waals surface area contributed by atoms with Crippen LogP contribution in [0, 0.1) is 31.3 Å². The third-order valence-electron chi connectivity index (χ3n) is 5.11. The summed E-state index contributed by atoms with van der Waals surface area (Å²) in [6.45, 7) is 12.8. The Morgan fingerprint density at radius 1 is 1.19 bits per heavy atom. The summed E-state index contributed by atoms with van der Waals surface area (Å²) in [4.78, 5) is 12.6. The van der Waals surface area contributed by atoms with Crippen LogP contribution in [-0.2, 0) is 17.9 Å². The number of hydrogen-bond donors (Lipinski definition) is 1. The minimum atomic E-state index is -0.0799. The van der Waals surface area contributed by atoms with Crippen molar-refractivity contribution in [2.24, 2.45) is 0 Å². The van der Waals surface area contributed by atoms with Crippen LogP contribution in [0.2, 0.25) is 0 Å². The molecule has 2 aromatic carbocycles. The largest absolute Gasteiger partial charge is 0.485 e. The van der Waals surface area contributed by atoms with E-state index in [1.54, 1.807) is 6.08 Å². The molecule has 0 radical (unpaired) electrons. The van der Waals surface area contributed by atoms with Gasteiger partial charge >= 0.3 is 0 Å². The van der Waals surface area contributed by atoms with E-state index in [1.165, 1.54) is 17.3 Å². The fourth-order valence-electron chi connectivity index (χ4n) is 3.28. The molecule has 32 heavy (non-hydrogen) atoms. The van der Waals surface area contributed by atoms with Gasteiger partial charge in [-0.2, -0.15) is 0 Å². The molecule has 3 aromatic rings. The van der Waals surface area contributed by atoms with E-state index in [4.69, 9.17) is 4.74 Å². The van der Waals surface area contributed by atoms with Gasteiger partial charge in [0.05, 0.1) is 5.75 Å². The molecule has 0 unspecified atom stereocenters. The molecule has 3 rings (SSSR count). The summed E-state index contributed by atoms with van der Waals surface area (Å²) in [6, 6.07) is 10.1. The van der Waals surface area contributed by atoms with Gasteiger partial charge < -0.3 is 10.1 Å². The molecule has 0 atom stereocenters. The van der Waals surface area contributed by atoms with Crippen LogP contribution in [0.4, 0.5) is 5.69 Å². The number of hydrogen-bond acceptors (Lipinski definition) is 5. The Bertz CT molecular complexity index is 1120. The van der Waals surface area contributed by atoms with Gasteiger partial charge in [0.1, 0.15) is 12.4 Å². The molecule has 1 N–H and O–H groups in total. The van der Waals surface area contributed by atoms with Crippen LogP contribution in [-0.4, -0.2) is 26.4 Å². The van der Waals surface area contributed by atoms with Crippen molar-refractivity contribution in [2.45, 2.75) is 46.0 Å². The van der Waals surface area contributed by atoms with Gasteiger partial charge in [-0.15, -0.1) is 16.8 Å². The standard InChI is InChI=1S/C24H27IN4O2S/c1-6-10-29-21(13-31-20-9-7-8-15(2)18(20)5)27-28-24(29)32-14-22(30)26-23-16(3)11-19(25)12-17(23)4/h6-9,11-12H,1,10,13-14H2,2-5H3,(H,26,30). The van der Waals surface area contributed by atoms with Crippen LogP contribution >= 0.6 is 34.4 Å². The van der Waals surface area contributed by atoms with Gasteiger partial charge in [0.2, 0.25) is 5.91 Å². The monoisotopic (exact) mass is 562 g/mol. The zero-order chi connectivity index (χ0) is 23.3. The number of rotatable bonds is 9. The normalized spacial score (nSPS) is 10.8.